The zero-order valence-electron chi connectivity index (χ0n) is 20.6. The van der Waals surface area contributed by atoms with Crippen LogP contribution in [0.25, 0.3) is 16.6 Å². The number of para-hydroxylation sites is 3. The van der Waals surface area contributed by atoms with Crippen LogP contribution in [-0.2, 0) is 6.18 Å². The fourth-order valence-electron chi connectivity index (χ4n) is 5.41. The van der Waals surface area contributed by atoms with Crippen molar-refractivity contribution in [3.8, 4) is 5.69 Å². The lowest BCUT2D eigenvalue weighted by molar-refractivity contribution is -0.575. The highest BCUT2D eigenvalue weighted by atomic mass is 19.4. The van der Waals surface area contributed by atoms with E-state index in [4.69, 9.17) is 0 Å². The van der Waals surface area contributed by atoms with E-state index in [0.29, 0.717) is 11.4 Å². The van der Waals surface area contributed by atoms with E-state index >= 15 is 0 Å². The van der Waals surface area contributed by atoms with Gasteiger partial charge in [0.1, 0.15) is 6.17 Å². The number of aromatic nitrogens is 1. The first kappa shape index (κ1) is 23.2. The summed E-state index contributed by atoms with van der Waals surface area (Å²) in [4.78, 5) is 4.30. The normalized spacial score (nSPS) is 15.9. The van der Waals surface area contributed by atoms with Gasteiger partial charge in [0.25, 0.3) is 0 Å². The van der Waals surface area contributed by atoms with Crippen LogP contribution in [0.4, 0.5) is 30.2 Å². The first-order valence-corrected chi connectivity index (χ1v) is 11.9. The molecule has 0 aliphatic carbocycles. The molecule has 0 amide bonds. The van der Waals surface area contributed by atoms with Crippen LogP contribution in [0, 0.1) is 13.8 Å². The summed E-state index contributed by atoms with van der Waals surface area (Å²) in [6, 6.07) is 22.5. The van der Waals surface area contributed by atoms with Gasteiger partial charge in [-0.3, -0.25) is 0 Å². The Kier molecular flexibility index (Phi) is 5.50. The van der Waals surface area contributed by atoms with E-state index in [1.54, 1.807) is 0 Å². The molecule has 3 nitrogen and oxygen atoms in total. The fraction of sp³-hybridized carbons (Fsp3) is 0.276. The van der Waals surface area contributed by atoms with E-state index < -0.39 is 11.7 Å². The lowest BCUT2D eigenvalue weighted by Crippen LogP contribution is -2.43. The second-order valence-electron chi connectivity index (χ2n) is 9.50. The van der Waals surface area contributed by atoms with Crippen molar-refractivity contribution in [2.24, 2.45) is 0 Å². The molecule has 180 valence electrons. The predicted octanol–water partition coefficient (Wildman–Crippen LogP) is 7.46. The van der Waals surface area contributed by atoms with E-state index in [9.17, 15) is 13.2 Å². The average Bonchev–Trinajstić information content (AvgIpc) is 3.10. The minimum atomic E-state index is -4.48. The Hall–Kier alpha value is -3.54. The molecule has 35 heavy (non-hydrogen) atoms. The van der Waals surface area contributed by atoms with Gasteiger partial charge in [-0.15, -0.1) is 0 Å². The van der Waals surface area contributed by atoms with E-state index in [1.165, 1.54) is 12.1 Å². The Morgan fingerprint density at radius 3 is 2.17 bits per heavy atom. The highest BCUT2D eigenvalue weighted by molar-refractivity contribution is 5.86. The van der Waals surface area contributed by atoms with Crippen LogP contribution in [0.2, 0.25) is 0 Å². The third kappa shape index (κ3) is 3.72. The SMILES string of the molecule is Cc1c(N2c3ccccc3N(C(C)C)[C@H]2C)cc(C(F)(F)F)cc1-[n+]1c(C)ccc2ccccc21. The number of anilines is 3. The van der Waals surface area contributed by atoms with Crippen molar-refractivity contribution < 1.29 is 17.7 Å². The van der Waals surface area contributed by atoms with Gasteiger partial charge in [0.15, 0.2) is 5.69 Å². The van der Waals surface area contributed by atoms with Gasteiger partial charge in [-0.25, -0.2) is 0 Å². The Balaban J connectivity index is 1.82. The minimum Gasteiger partial charge on any atom is -0.347 e. The van der Waals surface area contributed by atoms with Crippen LogP contribution >= 0.6 is 0 Å². The van der Waals surface area contributed by atoms with Gasteiger partial charge in [-0.05, 0) is 58.0 Å². The molecule has 2 heterocycles. The summed E-state index contributed by atoms with van der Waals surface area (Å²) in [6.07, 6.45) is -4.61. The van der Waals surface area contributed by atoms with E-state index in [1.807, 2.05) is 84.0 Å². The smallest absolute Gasteiger partial charge is 0.347 e. The minimum absolute atomic E-state index is 0.138. The van der Waals surface area contributed by atoms with Crippen molar-refractivity contribution in [2.45, 2.75) is 53.0 Å². The molecule has 1 atom stereocenters. The van der Waals surface area contributed by atoms with Crippen molar-refractivity contribution in [1.29, 1.82) is 0 Å². The molecule has 1 aromatic heterocycles. The number of aryl methyl sites for hydroxylation is 1. The molecule has 0 fully saturated rings. The van der Waals surface area contributed by atoms with Gasteiger partial charge in [0, 0.05) is 42.1 Å². The molecule has 6 heteroatoms. The summed E-state index contributed by atoms with van der Waals surface area (Å²) in [5, 5.41) is 0.974. The fourth-order valence-corrected chi connectivity index (χ4v) is 5.41. The number of halogens is 3. The van der Waals surface area contributed by atoms with Gasteiger partial charge in [0.2, 0.25) is 11.2 Å². The Morgan fingerprint density at radius 2 is 1.49 bits per heavy atom. The maximum atomic E-state index is 14.3. The van der Waals surface area contributed by atoms with Crippen LogP contribution in [0.15, 0.2) is 72.8 Å². The molecule has 0 saturated carbocycles. The number of hydrogen-bond donors (Lipinski definition) is 0. The highest BCUT2D eigenvalue weighted by Gasteiger charge is 2.40. The van der Waals surface area contributed by atoms with E-state index in [2.05, 4.69) is 25.7 Å². The number of alkyl halides is 3. The van der Waals surface area contributed by atoms with Crippen molar-refractivity contribution in [3.05, 3.63) is 89.6 Å². The van der Waals surface area contributed by atoms with Crippen LogP contribution in [0.5, 0.6) is 0 Å². The van der Waals surface area contributed by atoms with Crippen molar-refractivity contribution in [2.75, 3.05) is 9.80 Å². The van der Waals surface area contributed by atoms with E-state index in [-0.39, 0.29) is 12.2 Å². The zero-order valence-corrected chi connectivity index (χ0v) is 20.6. The molecule has 0 radical (unpaired) electrons. The van der Waals surface area contributed by atoms with Gasteiger partial charge in [-0.2, -0.15) is 17.7 Å². The highest BCUT2D eigenvalue weighted by Crippen LogP contribution is 2.47. The summed E-state index contributed by atoms with van der Waals surface area (Å²) < 4.78 is 44.7. The van der Waals surface area contributed by atoms with Gasteiger partial charge in [-0.1, -0.05) is 24.3 Å². The van der Waals surface area contributed by atoms with Crippen LogP contribution in [0.1, 0.15) is 37.6 Å². The Bertz CT molecular complexity index is 1420. The van der Waals surface area contributed by atoms with Crippen molar-refractivity contribution in [1.82, 2.24) is 0 Å². The lowest BCUT2D eigenvalue weighted by atomic mass is 10.0. The first-order chi connectivity index (χ1) is 16.6. The Morgan fingerprint density at radius 1 is 0.829 bits per heavy atom. The maximum Gasteiger partial charge on any atom is 0.416 e. The molecule has 4 aromatic rings. The number of nitrogens with zero attached hydrogens (tertiary/aromatic N) is 3. The largest absolute Gasteiger partial charge is 0.416 e. The second-order valence-corrected chi connectivity index (χ2v) is 9.50. The topological polar surface area (TPSA) is 10.4 Å². The quantitative estimate of drug-likeness (QED) is 0.284. The monoisotopic (exact) mass is 476 g/mol. The molecular weight excluding hydrogens is 447 g/mol. The second kappa shape index (κ2) is 8.29. The summed E-state index contributed by atoms with van der Waals surface area (Å²) in [7, 11) is 0. The average molecular weight is 477 g/mol. The molecule has 0 bridgehead atoms. The maximum absolute atomic E-state index is 14.3. The number of hydrogen-bond acceptors (Lipinski definition) is 2. The number of fused-ring (bicyclic) bond motifs is 2. The number of pyridine rings is 1. The third-order valence-corrected chi connectivity index (χ3v) is 6.97. The summed E-state index contributed by atoms with van der Waals surface area (Å²) >= 11 is 0. The standard InChI is InChI=1S/C29H29F3N3/c1-18(2)33-21(5)35(26-13-9-8-12-25(26)33)28-17-23(29(30,31)32)16-27(20(28)4)34-19(3)14-15-22-10-6-7-11-24(22)34/h6-18,21H,1-5H3/q+1/t21-/m1/s1. The van der Waals surface area contributed by atoms with Crippen molar-refractivity contribution in [3.63, 3.8) is 0 Å². The zero-order chi connectivity index (χ0) is 25.1. The van der Waals surface area contributed by atoms with Gasteiger partial charge < -0.3 is 9.80 Å². The molecule has 0 spiro atoms. The van der Waals surface area contributed by atoms with Gasteiger partial charge >= 0.3 is 6.18 Å². The molecule has 0 unspecified atom stereocenters. The summed E-state index contributed by atoms with van der Waals surface area (Å²) in [6.45, 7) is 10.1. The summed E-state index contributed by atoms with van der Waals surface area (Å²) in [5.74, 6) is 0. The molecule has 5 rings (SSSR count). The van der Waals surface area contributed by atoms with Crippen LogP contribution in [0.3, 0.4) is 0 Å². The predicted molar refractivity (Wildman–Crippen MR) is 136 cm³/mol. The van der Waals surface area contributed by atoms with Gasteiger partial charge in [0.05, 0.1) is 22.6 Å². The number of rotatable bonds is 3. The number of benzene rings is 3. The van der Waals surface area contributed by atoms with Crippen LogP contribution in [-0.4, -0.2) is 12.2 Å². The molecular formula is C29H29F3N3+. The van der Waals surface area contributed by atoms with Crippen LogP contribution < -0.4 is 14.4 Å². The molecule has 1 aliphatic heterocycles. The Labute approximate surface area is 204 Å². The molecule has 0 N–H and O–H groups in total. The molecule has 1 aliphatic rings. The first-order valence-electron chi connectivity index (χ1n) is 11.9. The third-order valence-electron chi connectivity index (χ3n) is 6.97. The molecule has 3 aromatic carbocycles. The molecule has 0 saturated heterocycles. The van der Waals surface area contributed by atoms with E-state index in [0.717, 1.165) is 33.5 Å². The lowest BCUT2D eigenvalue weighted by Gasteiger charge is -2.34. The summed E-state index contributed by atoms with van der Waals surface area (Å²) in [5.41, 5.74) is 4.95. The van der Waals surface area contributed by atoms with Crippen molar-refractivity contribution >= 4 is 28.0 Å².